The molecule has 1 aromatic carbocycles. The van der Waals surface area contributed by atoms with Crippen LogP contribution in [-0.4, -0.2) is 14.5 Å². The van der Waals surface area contributed by atoms with E-state index in [0.717, 1.165) is 22.3 Å². The molecule has 2 heterocycles. The number of hydrogen-bond donors (Lipinski definition) is 0. The molecule has 4 nitrogen and oxygen atoms in total. The number of rotatable bonds is 2. The third kappa shape index (κ3) is 2.16. The molecular weight excluding hydrogens is 284 g/mol. The van der Waals surface area contributed by atoms with Crippen molar-refractivity contribution in [3.63, 3.8) is 0 Å². The molecule has 0 aliphatic carbocycles. The van der Waals surface area contributed by atoms with Crippen molar-refractivity contribution in [3.05, 3.63) is 53.6 Å². The second kappa shape index (κ2) is 5.19. The van der Waals surface area contributed by atoms with Crippen LogP contribution >= 0.6 is 11.6 Å². The second-order valence-electron chi connectivity index (χ2n) is 4.87. The SMILES string of the molecule is Cc1cccc(-n2c(C(C)Cl)nc3cnccc32)c1C#N. The molecule has 104 valence electrons. The van der Waals surface area contributed by atoms with Gasteiger partial charge in [0.25, 0.3) is 0 Å². The minimum absolute atomic E-state index is 0.274. The average Bonchev–Trinajstić information content (AvgIpc) is 2.86. The Hall–Kier alpha value is -2.38. The van der Waals surface area contributed by atoms with Crippen molar-refractivity contribution in [2.24, 2.45) is 0 Å². The zero-order chi connectivity index (χ0) is 15.0. The van der Waals surface area contributed by atoms with E-state index in [1.54, 1.807) is 12.4 Å². The van der Waals surface area contributed by atoms with Crippen molar-refractivity contribution in [1.82, 2.24) is 14.5 Å². The Morgan fingerprint density at radius 2 is 2.14 bits per heavy atom. The summed E-state index contributed by atoms with van der Waals surface area (Å²) in [6.45, 7) is 3.79. The molecule has 3 rings (SSSR count). The monoisotopic (exact) mass is 296 g/mol. The topological polar surface area (TPSA) is 54.5 Å². The first-order valence-corrected chi connectivity index (χ1v) is 7.03. The molecule has 0 bridgehead atoms. The van der Waals surface area contributed by atoms with Crippen LogP contribution < -0.4 is 0 Å². The van der Waals surface area contributed by atoms with E-state index in [1.165, 1.54) is 0 Å². The van der Waals surface area contributed by atoms with Crippen LogP contribution in [0.2, 0.25) is 0 Å². The number of aryl methyl sites for hydroxylation is 1. The molecule has 0 fully saturated rings. The summed E-state index contributed by atoms with van der Waals surface area (Å²) in [7, 11) is 0. The number of nitriles is 1. The van der Waals surface area contributed by atoms with Gasteiger partial charge in [-0.15, -0.1) is 11.6 Å². The second-order valence-corrected chi connectivity index (χ2v) is 5.52. The predicted octanol–water partition coefficient (Wildman–Crippen LogP) is 3.90. The standard InChI is InChI=1S/C16H13ClN4/c1-10-4-3-5-14(12(10)8-18)21-15-6-7-19-9-13(15)20-16(21)11(2)17/h3-7,9,11H,1-2H3. The van der Waals surface area contributed by atoms with Gasteiger partial charge >= 0.3 is 0 Å². The summed E-state index contributed by atoms with van der Waals surface area (Å²) in [5, 5.41) is 9.20. The fourth-order valence-electron chi connectivity index (χ4n) is 2.45. The summed E-state index contributed by atoms with van der Waals surface area (Å²) >= 11 is 6.28. The van der Waals surface area contributed by atoms with Gasteiger partial charge in [0, 0.05) is 6.20 Å². The first-order chi connectivity index (χ1) is 10.1. The quantitative estimate of drug-likeness (QED) is 0.674. The Morgan fingerprint density at radius 1 is 1.33 bits per heavy atom. The fourth-order valence-corrected chi connectivity index (χ4v) is 2.60. The van der Waals surface area contributed by atoms with Crippen molar-refractivity contribution >= 4 is 22.6 Å². The number of halogens is 1. The summed E-state index contributed by atoms with van der Waals surface area (Å²) in [6, 6.07) is 9.93. The first kappa shape index (κ1) is 13.6. The Morgan fingerprint density at radius 3 is 2.86 bits per heavy atom. The molecule has 3 aromatic rings. The zero-order valence-electron chi connectivity index (χ0n) is 11.7. The lowest BCUT2D eigenvalue weighted by Crippen LogP contribution is -2.05. The maximum atomic E-state index is 9.47. The molecule has 1 unspecified atom stereocenters. The van der Waals surface area contributed by atoms with Crippen LogP contribution in [0.15, 0.2) is 36.7 Å². The van der Waals surface area contributed by atoms with Gasteiger partial charge in [-0.2, -0.15) is 5.26 Å². The normalized spacial score (nSPS) is 12.3. The smallest absolute Gasteiger partial charge is 0.132 e. The van der Waals surface area contributed by atoms with Gasteiger partial charge in [0.2, 0.25) is 0 Å². The van der Waals surface area contributed by atoms with Crippen molar-refractivity contribution < 1.29 is 0 Å². The van der Waals surface area contributed by atoms with E-state index < -0.39 is 0 Å². The predicted molar refractivity (Wildman–Crippen MR) is 82.6 cm³/mol. The number of benzene rings is 1. The minimum Gasteiger partial charge on any atom is -0.294 e. The van der Waals surface area contributed by atoms with Gasteiger partial charge in [0.1, 0.15) is 17.4 Å². The van der Waals surface area contributed by atoms with Crippen LogP contribution in [0.25, 0.3) is 16.7 Å². The molecule has 0 N–H and O–H groups in total. The van der Waals surface area contributed by atoms with Gasteiger partial charge in [0.05, 0.1) is 28.3 Å². The molecule has 0 amide bonds. The highest BCUT2D eigenvalue weighted by Gasteiger charge is 2.19. The highest BCUT2D eigenvalue weighted by atomic mass is 35.5. The van der Waals surface area contributed by atoms with Crippen molar-refractivity contribution in [1.29, 1.82) is 5.26 Å². The van der Waals surface area contributed by atoms with Crippen LogP contribution in [0.4, 0.5) is 0 Å². The number of nitrogens with zero attached hydrogens (tertiary/aromatic N) is 4. The number of pyridine rings is 1. The van der Waals surface area contributed by atoms with Gasteiger partial charge in [-0.25, -0.2) is 4.98 Å². The lowest BCUT2D eigenvalue weighted by Gasteiger charge is -2.13. The third-order valence-electron chi connectivity index (χ3n) is 3.44. The van der Waals surface area contributed by atoms with Gasteiger partial charge < -0.3 is 0 Å². The maximum absolute atomic E-state index is 9.47. The third-order valence-corrected chi connectivity index (χ3v) is 3.64. The highest BCUT2D eigenvalue weighted by Crippen LogP contribution is 2.29. The molecule has 5 heteroatoms. The summed E-state index contributed by atoms with van der Waals surface area (Å²) in [5.41, 5.74) is 4.03. The van der Waals surface area contributed by atoms with Crippen LogP contribution in [-0.2, 0) is 0 Å². The van der Waals surface area contributed by atoms with Crippen LogP contribution in [0.5, 0.6) is 0 Å². The van der Waals surface area contributed by atoms with Crippen LogP contribution in [0.3, 0.4) is 0 Å². The van der Waals surface area contributed by atoms with E-state index in [-0.39, 0.29) is 5.38 Å². The van der Waals surface area contributed by atoms with Gasteiger partial charge in [-0.3, -0.25) is 9.55 Å². The average molecular weight is 297 g/mol. The number of aromatic nitrogens is 3. The molecule has 0 spiro atoms. The fraction of sp³-hybridized carbons (Fsp3) is 0.188. The molecule has 0 aliphatic heterocycles. The lowest BCUT2D eigenvalue weighted by molar-refractivity contribution is 0.880. The van der Waals surface area contributed by atoms with Crippen molar-refractivity contribution in [3.8, 4) is 11.8 Å². The van der Waals surface area contributed by atoms with E-state index in [0.29, 0.717) is 11.4 Å². The summed E-state index contributed by atoms with van der Waals surface area (Å²) < 4.78 is 1.94. The summed E-state index contributed by atoms with van der Waals surface area (Å²) in [4.78, 5) is 8.65. The van der Waals surface area contributed by atoms with Gasteiger partial charge in [-0.05, 0) is 31.5 Å². The summed E-state index contributed by atoms with van der Waals surface area (Å²) in [6.07, 6.45) is 3.42. The Bertz CT molecular complexity index is 858. The van der Waals surface area contributed by atoms with Gasteiger partial charge in [-0.1, -0.05) is 12.1 Å². The molecule has 0 radical (unpaired) electrons. The largest absolute Gasteiger partial charge is 0.294 e. The number of imidazole rings is 1. The molecule has 0 aliphatic rings. The number of alkyl halides is 1. The Balaban J connectivity index is 2.42. The number of fused-ring (bicyclic) bond motifs is 1. The van der Waals surface area contributed by atoms with Crippen molar-refractivity contribution in [2.75, 3.05) is 0 Å². The Labute approximate surface area is 127 Å². The molecule has 21 heavy (non-hydrogen) atoms. The van der Waals surface area contributed by atoms with Gasteiger partial charge in [0.15, 0.2) is 0 Å². The molecule has 1 atom stereocenters. The van der Waals surface area contributed by atoms with Crippen LogP contribution in [0.1, 0.15) is 29.3 Å². The molecule has 0 saturated heterocycles. The molecule has 2 aromatic heterocycles. The van der Waals surface area contributed by atoms with E-state index in [9.17, 15) is 5.26 Å². The zero-order valence-corrected chi connectivity index (χ0v) is 12.5. The minimum atomic E-state index is -0.274. The van der Waals surface area contributed by atoms with E-state index >= 15 is 0 Å². The first-order valence-electron chi connectivity index (χ1n) is 6.60. The molecular formula is C16H13ClN4. The summed E-state index contributed by atoms with van der Waals surface area (Å²) in [5.74, 6) is 0.710. The van der Waals surface area contributed by atoms with E-state index in [2.05, 4.69) is 16.0 Å². The maximum Gasteiger partial charge on any atom is 0.132 e. The Kier molecular flexibility index (Phi) is 3.36. The van der Waals surface area contributed by atoms with Crippen molar-refractivity contribution in [2.45, 2.75) is 19.2 Å². The number of hydrogen-bond acceptors (Lipinski definition) is 3. The van der Waals surface area contributed by atoms with E-state index in [4.69, 9.17) is 11.6 Å². The molecule has 0 saturated carbocycles. The van der Waals surface area contributed by atoms with Crippen LogP contribution in [0, 0.1) is 18.3 Å². The van der Waals surface area contributed by atoms with E-state index in [1.807, 2.05) is 42.7 Å². The lowest BCUT2D eigenvalue weighted by atomic mass is 10.1. The highest BCUT2D eigenvalue weighted by molar-refractivity contribution is 6.20.